The average molecular weight is 497 g/mol. The standard InChI is InChI=1S/C23H28N8O3S/c1-5-35(32,33)29-23(28-17-6-7-19-18(10-17)27-16(4)34-19)31-9-8-30(12-15(31)3)22-20-14(2)11-24-21(20)25-13-26-22/h6-7,10-11,13,15H,5,8-9,12H2,1-4H3,(H,28,29)(H,24,25,26)/t15-/m0/s1. The second-order valence-corrected chi connectivity index (χ2v) is 10.6. The lowest BCUT2D eigenvalue weighted by atomic mass is 10.1. The summed E-state index contributed by atoms with van der Waals surface area (Å²) in [5.74, 6) is 1.66. The van der Waals surface area contributed by atoms with E-state index < -0.39 is 10.0 Å². The molecule has 1 aromatic carbocycles. The van der Waals surface area contributed by atoms with Gasteiger partial charge in [0.05, 0.1) is 11.1 Å². The summed E-state index contributed by atoms with van der Waals surface area (Å²) in [5, 5.41) is 4.23. The van der Waals surface area contributed by atoms with Crippen LogP contribution >= 0.6 is 0 Å². The lowest BCUT2D eigenvalue weighted by molar-refractivity contribution is 0.297. The molecule has 0 unspecified atom stereocenters. The van der Waals surface area contributed by atoms with Crippen LogP contribution in [0.25, 0.3) is 22.1 Å². The second kappa shape index (κ2) is 8.84. The maximum absolute atomic E-state index is 12.5. The summed E-state index contributed by atoms with van der Waals surface area (Å²) in [6.45, 7) is 9.31. The van der Waals surface area contributed by atoms with E-state index >= 15 is 0 Å². The van der Waals surface area contributed by atoms with Crippen LogP contribution in [0.2, 0.25) is 0 Å². The number of fused-ring (bicyclic) bond motifs is 2. The molecule has 2 N–H and O–H groups in total. The first-order valence-electron chi connectivity index (χ1n) is 11.5. The third-order valence-electron chi connectivity index (χ3n) is 6.19. The first kappa shape index (κ1) is 23.1. The Morgan fingerprint density at radius 1 is 1.29 bits per heavy atom. The molecule has 0 saturated carbocycles. The van der Waals surface area contributed by atoms with Gasteiger partial charge in [0.1, 0.15) is 23.3 Å². The highest BCUT2D eigenvalue weighted by molar-refractivity contribution is 7.90. The third-order valence-corrected chi connectivity index (χ3v) is 7.37. The number of aromatic amines is 1. The van der Waals surface area contributed by atoms with Crippen LogP contribution in [-0.2, 0) is 10.0 Å². The van der Waals surface area contributed by atoms with Crippen LogP contribution < -0.4 is 10.2 Å². The largest absolute Gasteiger partial charge is 0.441 e. The summed E-state index contributed by atoms with van der Waals surface area (Å²) in [5.41, 5.74) is 3.94. The topological polar surface area (TPSA) is 133 Å². The molecule has 4 heterocycles. The van der Waals surface area contributed by atoms with Crippen molar-refractivity contribution in [2.45, 2.75) is 33.7 Å². The van der Waals surface area contributed by atoms with Crippen molar-refractivity contribution in [2.75, 3.05) is 35.6 Å². The van der Waals surface area contributed by atoms with Gasteiger partial charge in [0.15, 0.2) is 11.5 Å². The Hall–Kier alpha value is -3.67. The molecule has 0 aliphatic carbocycles. The number of piperazine rings is 1. The molecular formula is C23H28N8O3S. The Kier molecular flexibility index (Phi) is 5.83. The average Bonchev–Trinajstić information content (AvgIpc) is 3.39. The number of aromatic nitrogens is 4. The third kappa shape index (κ3) is 4.53. The summed E-state index contributed by atoms with van der Waals surface area (Å²) >= 11 is 0. The lowest BCUT2D eigenvalue weighted by Gasteiger charge is -2.42. The normalized spacial score (nSPS) is 17.5. The van der Waals surface area contributed by atoms with E-state index in [9.17, 15) is 8.42 Å². The van der Waals surface area contributed by atoms with Crippen LogP contribution in [0.4, 0.5) is 11.5 Å². The van der Waals surface area contributed by atoms with Gasteiger partial charge >= 0.3 is 0 Å². The predicted molar refractivity (Wildman–Crippen MR) is 136 cm³/mol. The fourth-order valence-electron chi connectivity index (χ4n) is 4.39. The van der Waals surface area contributed by atoms with Gasteiger partial charge < -0.3 is 24.5 Å². The first-order chi connectivity index (χ1) is 16.7. The van der Waals surface area contributed by atoms with Gasteiger partial charge in [-0.1, -0.05) is 0 Å². The van der Waals surface area contributed by atoms with E-state index in [0.29, 0.717) is 48.3 Å². The van der Waals surface area contributed by atoms with E-state index in [2.05, 4.69) is 41.5 Å². The molecule has 11 nitrogen and oxygen atoms in total. The van der Waals surface area contributed by atoms with Gasteiger partial charge in [0, 0.05) is 44.5 Å². The van der Waals surface area contributed by atoms with Gasteiger partial charge in [-0.2, -0.15) is 0 Å². The van der Waals surface area contributed by atoms with Gasteiger partial charge in [0.25, 0.3) is 10.0 Å². The molecule has 12 heteroatoms. The van der Waals surface area contributed by atoms with E-state index in [1.807, 2.05) is 36.2 Å². The van der Waals surface area contributed by atoms with Crippen molar-refractivity contribution in [1.82, 2.24) is 24.8 Å². The number of nitrogens with one attached hydrogen (secondary N) is 2. The number of sulfonamides is 1. The zero-order valence-electron chi connectivity index (χ0n) is 20.1. The number of nitrogens with zero attached hydrogens (tertiary/aromatic N) is 6. The molecule has 0 spiro atoms. The Morgan fingerprint density at radius 2 is 2.11 bits per heavy atom. The van der Waals surface area contributed by atoms with Gasteiger partial charge in [-0.05, 0) is 44.5 Å². The van der Waals surface area contributed by atoms with Crippen molar-refractivity contribution in [3.8, 4) is 0 Å². The Bertz CT molecular complexity index is 1520. The van der Waals surface area contributed by atoms with E-state index in [-0.39, 0.29) is 11.8 Å². The molecule has 1 fully saturated rings. The molecule has 0 amide bonds. The molecule has 184 valence electrons. The molecule has 35 heavy (non-hydrogen) atoms. The lowest BCUT2D eigenvalue weighted by Crippen LogP contribution is -2.56. The van der Waals surface area contributed by atoms with Crippen molar-refractivity contribution in [3.63, 3.8) is 0 Å². The number of oxazole rings is 1. The highest BCUT2D eigenvalue weighted by atomic mass is 32.2. The maximum atomic E-state index is 12.5. The number of hydrogen-bond acceptors (Lipinski definition) is 7. The van der Waals surface area contributed by atoms with Crippen LogP contribution in [0.5, 0.6) is 0 Å². The molecule has 3 aromatic heterocycles. The van der Waals surface area contributed by atoms with Crippen molar-refractivity contribution < 1.29 is 12.8 Å². The van der Waals surface area contributed by atoms with Crippen LogP contribution in [0.3, 0.4) is 0 Å². The van der Waals surface area contributed by atoms with Crippen molar-refractivity contribution >= 4 is 49.6 Å². The Morgan fingerprint density at radius 3 is 2.89 bits per heavy atom. The van der Waals surface area contributed by atoms with Crippen molar-refractivity contribution in [3.05, 3.63) is 42.2 Å². The monoisotopic (exact) mass is 496 g/mol. The van der Waals surface area contributed by atoms with E-state index in [0.717, 1.165) is 22.4 Å². The number of benzene rings is 1. The quantitative estimate of drug-likeness (QED) is 0.323. The zero-order chi connectivity index (χ0) is 24.7. The highest BCUT2D eigenvalue weighted by Gasteiger charge is 2.29. The van der Waals surface area contributed by atoms with E-state index in [1.54, 1.807) is 20.2 Å². The minimum absolute atomic E-state index is 0.0376. The number of hydrogen-bond donors (Lipinski definition) is 2. The van der Waals surface area contributed by atoms with Gasteiger partial charge in [-0.3, -0.25) is 0 Å². The summed E-state index contributed by atoms with van der Waals surface area (Å²) in [6, 6.07) is 5.43. The molecule has 1 aliphatic rings. The Balaban J connectivity index is 1.43. The SMILES string of the molecule is CCS(=O)(=O)N=C(Nc1ccc2oc(C)nc2c1)N1CCN(c2ncnc3[nH]cc(C)c23)C[C@@H]1C. The van der Waals surface area contributed by atoms with Crippen LogP contribution in [0.1, 0.15) is 25.3 Å². The summed E-state index contributed by atoms with van der Waals surface area (Å²) in [6.07, 6.45) is 3.49. The molecule has 4 aromatic rings. The minimum Gasteiger partial charge on any atom is -0.441 e. The van der Waals surface area contributed by atoms with Gasteiger partial charge in [0.2, 0.25) is 5.96 Å². The fourth-order valence-corrected chi connectivity index (χ4v) is 4.94. The second-order valence-electron chi connectivity index (χ2n) is 8.71. The summed E-state index contributed by atoms with van der Waals surface area (Å²) in [7, 11) is -3.63. The number of anilines is 2. The van der Waals surface area contributed by atoms with E-state index in [4.69, 9.17) is 4.42 Å². The number of aryl methyl sites for hydroxylation is 2. The molecule has 1 saturated heterocycles. The summed E-state index contributed by atoms with van der Waals surface area (Å²) < 4.78 is 34.7. The zero-order valence-corrected chi connectivity index (χ0v) is 20.9. The fraction of sp³-hybridized carbons (Fsp3) is 0.391. The molecule has 1 aliphatic heterocycles. The summed E-state index contributed by atoms with van der Waals surface area (Å²) in [4.78, 5) is 20.6. The van der Waals surface area contributed by atoms with Crippen molar-refractivity contribution in [2.24, 2.45) is 4.40 Å². The van der Waals surface area contributed by atoms with Crippen LogP contribution in [-0.4, -0.2) is 70.6 Å². The smallest absolute Gasteiger partial charge is 0.256 e. The number of guanidine groups is 1. The first-order valence-corrected chi connectivity index (χ1v) is 13.1. The van der Waals surface area contributed by atoms with E-state index in [1.165, 1.54) is 0 Å². The molecular weight excluding hydrogens is 468 g/mol. The van der Waals surface area contributed by atoms with Gasteiger partial charge in [-0.25, -0.2) is 23.4 Å². The van der Waals surface area contributed by atoms with Gasteiger partial charge in [-0.15, -0.1) is 4.40 Å². The molecule has 0 radical (unpaired) electrons. The van der Waals surface area contributed by atoms with Crippen LogP contribution in [0.15, 0.2) is 39.5 Å². The maximum Gasteiger partial charge on any atom is 0.256 e. The van der Waals surface area contributed by atoms with Crippen molar-refractivity contribution in [1.29, 1.82) is 0 Å². The minimum atomic E-state index is -3.63. The Labute approximate surface area is 203 Å². The number of H-pyrrole nitrogens is 1. The molecule has 1 atom stereocenters. The molecule has 5 rings (SSSR count). The highest BCUT2D eigenvalue weighted by Crippen LogP contribution is 2.28. The predicted octanol–water partition coefficient (Wildman–Crippen LogP) is 3.04. The van der Waals surface area contributed by atoms with Crippen LogP contribution in [0, 0.1) is 13.8 Å². The molecule has 0 bridgehead atoms. The number of rotatable bonds is 4.